The summed E-state index contributed by atoms with van der Waals surface area (Å²) >= 11 is 0. The first-order valence-corrected chi connectivity index (χ1v) is 20.6. The topological polar surface area (TPSA) is 226 Å². The van der Waals surface area contributed by atoms with Crippen LogP contribution in [-0.4, -0.2) is 111 Å². The number of alkyl carbamates (subject to hydrolysis) is 1. The fourth-order valence-corrected chi connectivity index (χ4v) is 7.73. The second-order valence-corrected chi connectivity index (χ2v) is 19.2. The predicted molar refractivity (Wildman–Crippen MR) is 195 cm³/mol. The summed E-state index contributed by atoms with van der Waals surface area (Å²) in [5, 5.41) is 6.38. The Labute approximate surface area is 314 Å². The molecule has 3 N–H and O–H groups in total. The first kappa shape index (κ1) is 40.7. The van der Waals surface area contributed by atoms with Gasteiger partial charge in [0.2, 0.25) is 17.7 Å². The van der Waals surface area contributed by atoms with Crippen LogP contribution in [0.1, 0.15) is 60.3 Å². The number of pyridine rings is 1. The quantitative estimate of drug-likeness (QED) is 0.233. The van der Waals surface area contributed by atoms with Crippen LogP contribution in [0.3, 0.4) is 0 Å². The van der Waals surface area contributed by atoms with Crippen molar-refractivity contribution in [2.75, 3.05) is 19.9 Å². The minimum Gasteiger partial charge on any atom is -0.497 e. The summed E-state index contributed by atoms with van der Waals surface area (Å²) in [5.41, 5.74) is -2.75. The molecule has 1 aromatic carbocycles. The maximum absolute atomic E-state index is 14.6. The van der Waals surface area contributed by atoms with E-state index in [2.05, 4.69) is 22.2 Å². The number of benzene rings is 1. The Morgan fingerprint density at radius 1 is 1.06 bits per heavy atom. The summed E-state index contributed by atoms with van der Waals surface area (Å²) in [6.45, 7) is 10.7. The highest BCUT2D eigenvalue weighted by molar-refractivity contribution is 7.92. The van der Waals surface area contributed by atoms with Gasteiger partial charge in [-0.15, -0.1) is 6.58 Å². The summed E-state index contributed by atoms with van der Waals surface area (Å²) in [6, 6.07) is 3.81. The van der Waals surface area contributed by atoms with Gasteiger partial charge in [0.15, 0.2) is 9.84 Å². The van der Waals surface area contributed by atoms with Gasteiger partial charge in [0.25, 0.3) is 5.91 Å². The number of ether oxygens (including phenoxy) is 3. The van der Waals surface area contributed by atoms with Crippen molar-refractivity contribution in [2.24, 2.45) is 5.92 Å². The molecule has 296 valence electrons. The van der Waals surface area contributed by atoms with Gasteiger partial charge in [-0.1, -0.05) is 6.08 Å². The van der Waals surface area contributed by atoms with Crippen LogP contribution < -0.4 is 24.8 Å². The molecule has 19 heteroatoms. The van der Waals surface area contributed by atoms with Gasteiger partial charge in [0.1, 0.15) is 35.1 Å². The van der Waals surface area contributed by atoms with Gasteiger partial charge in [-0.2, -0.15) is 8.42 Å². The Kier molecular flexibility index (Phi) is 11.0. The first-order chi connectivity index (χ1) is 25.0. The Bertz CT molecular complexity index is 2060. The highest BCUT2D eigenvalue weighted by Crippen LogP contribution is 2.45. The van der Waals surface area contributed by atoms with Crippen LogP contribution in [-0.2, 0) is 43.4 Å². The smallest absolute Gasteiger partial charge is 0.408 e. The Morgan fingerprint density at radius 3 is 2.31 bits per heavy atom. The van der Waals surface area contributed by atoms with Crippen molar-refractivity contribution in [3.8, 4) is 11.6 Å². The molecule has 5 atom stereocenters. The van der Waals surface area contributed by atoms with Gasteiger partial charge < -0.3 is 29.7 Å². The Morgan fingerprint density at radius 2 is 1.74 bits per heavy atom. The molecule has 0 spiro atoms. The zero-order valence-electron chi connectivity index (χ0n) is 31.2. The van der Waals surface area contributed by atoms with Crippen LogP contribution >= 0.6 is 0 Å². The van der Waals surface area contributed by atoms with E-state index in [1.165, 1.54) is 33.2 Å². The fourth-order valence-electron chi connectivity index (χ4n) is 6.13. The van der Waals surface area contributed by atoms with Crippen molar-refractivity contribution < 1.29 is 54.4 Å². The van der Waals surface area contributed by atoms with E-state index >= 15 is 0 Å². The minimum absolute atomic E-state index is 0.000931. The van der Waals surface area contributed by atoms with E-state index in [9.17, 15) is 36.0 Å². The molecule has 3 fully saturated rings. The van der Waals surface area contributed by atoms with Crippen molar-refractivity contribution in [1.29, 1.82) is 0 Å². The zero-order valence-corrected chi connectivity index (χ0v) is 32.8. The largest absolute Gasteiger partial charge is 0.497 e. The highest BCUT2D eigenvalue weighted by atomic mass is 32.2. The van der Waals surface area contributed by atoms with E-state index in [-0.39, 0.29) is 25.3 Å². The Balaban J connectivity index is 1.49. The fraction of sp³-hybridized carbons (Fsp3) is 0.571. The summed E-state index contributed by atoms with van der Waals surface area (Å²) in [5.74, 6) is -2.76. The van der Waals surface area contributed by atoms with Crippen molar-refractivity contribution in [1.82, 2.24) is 25.2 Å². The molecule has 1 aromatic heterocycles. The lowest BCUT2D eigenvalue weighted by atomic mass is 10.0. The molecule has 1 saturated heterocycles. The number of carbonyl (C=O) groups is 4. The maximum Gasteiger partial charge on any atom is 0.408 e. The molecular weight excluding hydrogens is 747 g/mol. The molecule has 3 aliphatic rings. The number of hydrogen-bond acceptors (Lipinski definition) is 13. The third-order valence-electron chi connectivity index (χ3n) is 9.68. The average Bonchev–Trinajstić information content (AvgIpc) is 3.97. The number of rotatable bonds is 14. The molecule has 0 radical (unpaired) electrons. The minimum atomic E-state index is -4.50. The maximum atomic E-state index is 14.6. The second kappa shape index (κ2) is 14.6. The van der Waals surface area contributed by atoms with Crippen LogP contribution in [0.25, 0.3) is 10.8 Å². The summed E-state index contributed by atoms with van der Waals surface area (Å²) < 4.78 is 73.2. The van der Waals surface area contributed by atoms with E-state index in [0.29, 0.717) is 24.0 Å². The van der Waals surface area contributed by atoms with Crippen molar-refractivity contribution >= 4 is 54.7 Å². The van der Waals surface area contributed by atoms with Gasteiger partial charge >= 0.3 is 16.4 Å². The van der Waals surface area contributed by atoms with Crippen LogP contribution in [0.4, 0.5) is 4.79 Å². The predicted octanol–water partition coefficient (Wildman–Crippen LogP) is 1.91. The summed E-state index contributed by atoms with van der Waals surface area (Å²) in [7, 11) is -7.03. The number of carbonyl (C=O) groups excluding carboxylic acids is 4. The Hall–Kier alpha value is -4.49. The van der Waals surface area contributed by atoms with Crippen LogP contribution in [0.2, 0.25) is 0 Å². The number of hydrogen-bond donors (Lipinski definition) is 3. The van der Waals surface area contributed by atoms with Crippen molar-refractivity contribution in [2.45, 2.75) is 100 Å². The van der Waals surface area contributed by atoms with E-state index in [1.54, 1.807) is 45.0 Å². The summed E-state index contributed by atoms with van der Waals surface area (Å²) in [4.78, 5) is 60.8. The van der Waals surface area contributed by atoms with Gasteiger partial charge in [-0.25, -0.2) is 22.9 Å². The molecule has 2 saturated carbocycles. The number of likely N-dealkylation sites (tertiary alicyclic amines) is 1. The average molecular weight is 794 g/mol. The van der Waals surface area contributed by atoms with Gasteiger partial charge in [-0.3, -0.25) is 18.6 Å². The molecule has 1 aliphatic heterocycles. The molecule has 2 heterocycles. The SMILES string of the molecule is C=CC1C[C@]1(NC(=O)[C@@H]1C[C@@H](Oc2nccc3cc(OC)ccc23)CN1C(=O)[C@@H](NC(=O)OC(C)(C)C)C(C)(C)S(C)(=O)=O)C(=O)NS(=O)(=O)OC1CC1. The molecular formula is C35H47N5O12S2. The number of aromatic nitrogens is 1. The standard InChI is InChI=1S/C35H47N5O12S2/c1-9-21-18-35(21,31(43)39-54(47,48)52-22-10-11-22)38-28(41)26-17-24(50-29-25-13-12-23(49-7)16-20(25)14-15-36-29)19-40(26)30(42)27(34(5,6)53(8,45)46)37-32(44)51-33(2,3)4/h9,12-16,21-22,24,26-27H,1,10-11,17-19H2,2-8H3,(H,37,44)(H,38,41)(H,39,43)/t21?,24-,26+,27-,35-/m1/s1. The van der Waals surface area contributed by atoms with Crippen molar-refractivity contribution in [3.63, 3.8) is 0 Å². The van der Waals surface area contributed by atoms with E-state index < -0.39 is 90.1 Å². The number of nitrogens with one attached hydrogen (secondary N) is 3. The third-order valence-corrected chi connectivity index (χ3v) is 12.8. The van der Waals surface area contributed by atoms with E-state index in [1.807, 2.05) is 4.72 Å². The molecule has 0 bridgehead atoms. The zero-order chi connectivity index (χ0) is 40.0. The van der Waals surface area contributed by atoms with Crippen LogP contribution in [0, 0.1) is 5.92 Å². The molecule has 2 aromatic rings. The third kappa shape index (κ3) is 8.89. The highest BCUT2D eigenvalue weighted by Gasteiger charge is 2.62. The molecule has 2 aliphatic carbocycles. The number of fused-ring (bicyclic) bond motifs is 1. The number of methoxy groups -OCH3 is 1. The molecule has 17 nitrogen and oxygen atoms in total. The second-order valence-electron chi connectivity index (χ2n) is 15.3. The molecule has 1 unspecified atom stereocenters. The van der Waals surface area contributed by atoms with Gasteiger partial charge in [-0.05, 0) is 83.5 Å². The monoisotopic (exact) mass is 793 g/mol. The van der Waals surface area contributed by atoms with Crippen LogP contribution in [0.15, 0.2) is 43.1 Å². The van der Waals surface area contributed by atoms with Gasteiger partial charge in [0.05, 0.1) is 24.5 Å². The normalized spacial score (nSPS) is 23.5. The number of sulfone groups is 1. The molecule has 4 amide bonds. The lowest BCUT2D eigenvalue weighted by molar-refractivity contribution is -0.141. The lowest BCUT2D eigenvalue weighted by Crippen LogP contribution is -2.64. The van der Waals surface area contributed by atoms with Crippen LogP contribution in [0.5, 0.6) is 11.6 Å². The first-order valence-electron chi connectivity index (χ1n) is 17.3. The van der Waals surface area contributed by atoms with Crippen molar-refractivity contribution in [3.05, 3.63) is 43.1 Å². The summed E-state index contributed by atoms with van der Waals surface area (Å²) in [6.07, 6.45) is 2.18. The lowest BCUT2D eigenvalue weighted by Gasteiger charge is -2.36. The van der Waals surface area contributed by atoms with Gasteiger partial charge in [0, 0.05) is 30.2 Å². The van der Waals surface area contributed by atoms with E-state index in [4.69, 9.17) is 18.4 Å². The molecule has 5 rings (SSSR count). The van der Waals surface area contributed by atoms with E-state index in [0.717, 1.165) is 16.5 Å². The number of amides is 4. The number of nitrogens with zero attached hydrogens (tertiary/aromatic N) is 2. The molecule has 54 heavy (non-hydrogen) atoms.